The van der Waals surface area contributed by atoms with E-state index in [9.17, 15) is 4.79 Å². The maximum Gasteiger partial charge on any atom is 0.274 e. The number of amides is 1. The molecule has 3 rings (SSSR count). The van der Waals surface area contributed by atoms with Crippen LogP contribution in [0.15, 0.2) is 48.5 Å². The van der Waals surface area contributed by atoms with Gasteiger partial charge in [-0.05, 0) is 43.7 Å². The first-order valence-electron chi connectivity index (χ1n) is 8.29. The number of para-hydroxylation sites is 2. The molecule has 0 aliphatic rings. The number of carbonyl (C=O) groups is 1. The van der Waals surface area contributed by atoms with Gasteiger partial charge in [-0.15, -0.1) is 0 Å². The van der Waals surface area contributed by atoms with Gasteiger partial charge in [-0.2, -0.15) is 0 Å². The number of anilines is 3. The quantitative estimate of drug-likeness (QED) is 0.665. The first kappa shape index (κ1) is 18.7. The van der Waals surface area contributed by atoms with Crippen molar-refractivity contribution >= 4 is 34.7 Å². The van der Waals surface area contributed by atoms with Gasteiger partial charge in [-0.25, -0.2) is 9.97 Å². The lowest BCUT2D eigenvalue weighted by atomic mass is 10.2. The molecule has 1 aromatic heterocycles. The van der Waals surface area contributed by atoms with Crippen molar-refractivity contribution in [2.24, 2.45) is 0 Å². The maximum absolute atomic E-state index is 12.6. The number of methoxy groups -OCH3 is 1. The molecule has 1 heterocycles. The first-order valence-corrected chi connectivity index (χ1v) is 8.67. The summed E-state index contributed by atoms with van der Waals surface area (Å²) in [7, 11) is 1.55. The number of benzene rings is 2. The number of halogens is 1. The molecule has 1 amide bonds. The lowest BCUT2D eigenvalue weighted by Crippen LogP contribution is -2.16. The van der Waals surface area contributed by atoms with Gasteiger partial charge >= 0.3 is 0 Å². The summed E-state index contributed by atoms with van der Waals surface area (Å²) in [6.07, 6.45) is 0. The van der Waals surface area contributed by atoms with Crippen molar-refractivity contribution in [3.8, 4) is 5.75 Å². The smallest absolute Gasteiger partial charge is 0.274 e. The molecule has 0 saturated carbocycles. The Bertz CT molecular complexity index is 991. The normalized spacial score (nSPS) is 10.4. The molecular formula is C20H19ClN4O2. The molecule has 2 aromatic carbocycles. The van der Waals surface area contributed by atoms with Crippen LogP contribution in [0.25, 0.3) is 0 Å². The number of aromatic nitrogens is 2. The minimum atomic E-state index is -0.352. The molecule has 2 N–H and O–H groups in total. The molecule has 0 radical (unpaired) electrons. The Labute approximate surface area is 162 Å². The molecule has 0 fully saturated rings. The van der Waals surface area contributed by atoms with Crippen LogP contribution < -0.4 is 15.4 Å². The van der Waals surface area contributed by atoms with Crippen LogP contribution in [-0.2, 0) is 0 Å². The molecule has 138 valence electrons. The molecule has 7 heteroatoms. The first-order chi connectivity index (χ1) is 13.0. The molecule has 0 bridgehead atoms. The fraction of sp³-hybridized carbons (Fsp3) is 0.150. The summed E-state index contributed by atoms with van der Waals surface area (Å²) in [6.45, 7) is 3.66. The fourth-order valence-corrected chi connectivity index (χ4v) is 2.68. The van der Waals surface area contributed by atoms with Crippen molar-refractivity contribution in [2.75, 3.05) is 17.7 Å². The SMILES string of the molecule is COc1ccccc1NC(=O)c1cc(Nc2ccc(C)c(Cl)c2)nc(C)n1. The number of hydrogen-bond acceptors (Lipinski definition) is 5. The predicted molar refractivity (Wildman–Crippen MR) is 107 cm³/mol. The van der Waals surface area contributed by atoms with Gasteiger partial charge in [-0.1, -0.05) is 29.8 Å². The summed E-state index contributed by atoms with van der Waals surface area (Å²) in [5.41, 5.74) is 2.58. The van der Waals surface area contributed by atoms with Crippen molar-refractivity contribution in [2.45, 2.75) is 13.8 Å². The Morgan fingerprint density at radius 3 is 2.59 bits per heavy atom. The molecule has 6 nitrogen and oxygen atoms in total. The summed E-state index contributed by atoms with van der Waals surface area (Å²) < 4.78 is 5.26. The van der Waals surface area contributed by atoms with E-state index in [2.05, 4.69) is 20.6 Å². The standard InChI is InChI=1S/C20H19ClN4O2/c1-12-8-9-14(10-15(12)21)24-19-11-17(22-13(2)23-19)20(26)25-16-6-4-5-7-18(16)27-3/h4-11H,1-3H3,(H,25,26)(H,22,23,24). The molecule has 27 heavy (non-hydrogen) atoms. The third kappa shape index (κ3) is 4.54. The highest BCUT2D eigenvalue weighted by Gasteiger charge is 2.13. The van der Waals surface area contributed by atoms with E-state index in [-0.39, 0.29) is 11.6 Å². The van der Waals surface area contributed by atoms with Crippen LogP contribution >= 0.6 is 11.6 Å². The average Bonchev–Trinajstić information content (AvgIpc) is 2.64. The Balaban J connectivity index is 1.84. The summed E-state index contributed by atoms with van der Waals surface area (Å²) in [5.74, 6) is 1.20. The number of ether oxygens (including phenoxy) is 1. The third-order valence-corrected chi connectivity index (χ3v) is 4.28. The van der Waals surface area contributed by atoms with Gasteiger partial charge in [0.2, 0.25) is 0 Å². The number of nitrogens with one attached hydrogen (secondary N) is 2. The summed E-state index contributed by atoms with van der Waals surface area (Å²) >= 11 is 6.16. The summed E-state index contributed by atoms with van der Waals surface area (Å²) in [5, 5.41) is 6.62. The van der Waals surface area contributed by atoms with Crippen LogP contribution in [0.4, 0.5) is 17.2 Å². The van der Waals surface area contributed by atoms with E-state index in [1.165, 1.54) is 0 Å². The van der Waals surface area contributed by atoms with Crippen molar-refractivity contribution in [1.29, 1.82) is 0 Å². The Kier molecular flexibility index (Phi) is 5.57. The van der Waals surface area contributed by atoms with E-state index in [1.54, 1.807) is 32.2 Å². The second-order valence-electron chi connectivity index (χ2n) is 5.93. The van der Waals surface area contributed by atoms with Crippen LogP contribution in [0.2, 0.25) is 5.02 Å². The Morgan fingerprint density at radius 2 is 1.85 bits per heavy atom. The van der Waals surface area contributed by atoms with E-state index >= 15 is 0 Å². The van der Waals surface area contributed by atoms with Crippen molar-refractivity contribution in [3.63, 3.8) is 0 Å². The maximum atomic E-state index is 12.6. The highest BCUT2D eigenvalue weighted by molar-refractivity contribution is 6.31. The van der Waals surface area contributed by atoms with Gasteiger partial charge in [0.05, 0.1) is 12.8 Å². The fourth-order valence-electron chi connectivity index (χ4n) is 2.50. The zero-order valence-electron chi connectivity index (χ0n) is 15.2. The van der Waals surface area contributed by atoms with Crippen LogP contribution in [-0.4, -0.2) is 23.0 Å². The molecule has 0 saturated heterocycles. The van der Waals surface area contributed by atoms with Crippen LogP contribution in [0.3, 0.4) is 0 Å². The number of nitrogens with zero attached hydrogens (tertiary/aromatic N) is 2. The minimum Gasteiger partial charge on any atom is -0.495 e. The van der Waals surface area contributed by atoms with E-state index in [4.69, 9.17) is 16.3 Å². The topological polar surface area (TPSA) is 76.1 Å². The van der Waals surface area contributed by atoms with Gasteiger partial charge in [-0.3, -0.25) is 4.79 Å². The molecular weight excluding hydrogens is 364 g/mol. The molecule has 3 aromatic rings. The van der Waals surface area contributed by atoms with Gasteiger partial charge in [0.1, 0.15) is 23.1 Å². The van der Waals surface area contributed by atoms with E-state index < -0.39 is 0 Å². The molecule has 0 spiro atoms. The van der Waals surface area contributed by atoms with E-state index in [1.807, 2.05) is 37.3 Å². The molecule has 0 unspecified atom stereocenters. The number of hydrogen-bond donors (Lipinski definition) is 2. The lowest BCUT2D eigenvalue weighted by Gasteiger charge is -2.11. The monoisotopic (exact) mass is 382 g/mol. The Hall–Kier alpha value is -3.12. The summed E-state index contributed by atoms with van der Waals surface area (Å²) in [6, 6.07) is 14.4. The van der Waals surface area contributed by atoms with E-state index in [0.29, 0.717) is 28.1 Å². The average molecular weight is 383 g/mol. The highest BCUT2D eigenvalue weighted by atomic mass is 35.5. The molecule has 0 atom stereocenters. The molecule has 0 aliphatic heterocycles. The zero-order valence-corrected chi connectivity index (χ0v) is 16.0. The van der Waals surface area contributed by atoms with Crippen molar-refractivity contribution in [3.05, 3.63) is 70.6 Å². The number of aryl methyl sites for hydroxylation is 2. The summed E-state index contributed by atoms with van der Waals surface area (Å²) in [4.78, 5) is 21.2. The van der Waals surface area contributed by atoms with Crippen LogP contribution in [0, 0.1) is 13.8 Å². The lowest BCUT2D eigenvalue weighted by molar-refractivity contribution is 0.102. The minimum absolute atomic E-state index is 0.245. The van der Waals surface area contributed by atoms with Crippen LogP contribution in [0.5, 0.6) is 5.75 Å². The number of carbonyl (C=O) groups excluding carboxylic acids is 1. The van der Waals surface area contributed by atoms with Crippen LogP contribution in [0.1, 0.15) is 21.9 Å². The van der Waals surface area contributed by atoms with Crippen molar-refractivity contribution < 1.29 is 9.53 Å². The van der Waals surface area contributed by atoms with E-state index in [0.717, 1.165) is 11.3 Å². The van der Waals surface area contributed by atoms with Gasteiger partial charge < -0.3 is 15.4 Å². The highest BCUT2D eigenvalue weighted by Crippen LogP contribution is 2.25. The predicted octanol–water partition coefficient (Wildman–Crippen LogP) is 4.75. The second kappa shape index (κ2) is 8.05. The Morgan fingerprint density at radius 1 is 1.07 bits per heavy atom. The number of rotatable bonds is 5. The van der Waals surface area contributed by atoms with Crippen molar-refractivity contribution in [1.82, 2.24) is 9.97 Å². The zero-order chi connectivity index (χ0) is 19.4. The second-order valence-corrected chi connectivity index (χ2v) is 6.34. The largest absolute Gasteiger partial charge is 0.495 e. The third-order valence-electron chi connectivity index (χ3n) is 3.87. The van der Waals surface area contributed by atoms with Gasteiger partial charge in [0, 0.05) is 16.8 Å². The molecule has 0 aliphatic carbocycles. The van der Waals surface area contributed by atoms with Gasteiger partial charge in [0.25, 0.3) is 5.91 Å². The van der Waals surface area contributed by atoms with Gasteiger partial charge in [0.15, 0.2) is 0 Å².